The summed E-state index contributed by atoms with van der Waals surface area (Å²) in [7, 11) is -4.17. The van der Waals surface area contributed by atoms with Crippen LogP contribution in [-0.2, 0) is 31.4 Å². The van der Waals surface area contributed by atoms with Gasteiger partial charge in [-0.1, -0.05) is 96.1 Å². The van der Waals surface area contributed by atoms with E-state index in [-0.39, 0.29) is 37.9 Å². The Morgan fingerprint density at radius 2 is 1.39 bits per heavy atom. The van der Waals surface area contributed by atoms with Gasteiger partial charge in [-0.05, 0) is 56.5 Å². The van der Waals surface area contributed by atoms with Crippen LogP contribution in [0, 0.1) is 0 Å². The summed E-state index contributed by atoms with van der Waals surface area (Å²) < 4.78 is 86.7. The van der Waals surface area contributed by atoms with Gasteiger partial charge in [-0.3, -0.25) is 14.3 Å². The topological polar surface area (TPSA) is 96.0 Å². The maximum Gasteiger partial charge on any atom is 0.422 e. The standard InChI is InChI=1S/C38H57F4N2O6P/c1-4-7-8-9-10-11-12-13-14-15-16-17-18-19-37(45)44-32(28-36(39)51(46,49-5-2)50-6-3)26-31-20-22-34(23-21-31)47-29-33-27-35(24-25-43-33)48-30-38(40,41)42/h20-25,27-28,32H,4-19,26,29-30H2,1-3H3,(H,44,45)/t32-/m0/s1. The molecule has 0 bridgehead atoms. The SMILES string of the molecule is CCCCCCCCCCCCCCCC(=O)N[C@H](C=C(F)P(=O)(OCC)OCC)Cc1ccc(OCc2cc(OCC(F)(F)F)ccn2)cc1. The van der Waals surface area contributed by atoms with Gasteiger partial charge in [0.1, 0.15) is 18.1 Å². The molecule has 288 valence electrons. The van der Waals surface area contributed by atoms with Gasteiger partial charge in [0, 0.05) is 18.7 Å². The zero-order valence-electron chi connectivity index (χ0n) is 30.5. The second-order valence-corrected chi connectivity index (χ2v) is 14.5. The van der Waals surface area contributed by atoms with Crippen LogP contribution in [0.5, 0.6) is 11.5 Å². The molecule has 0 aliphatic carbocycles. The van der Waals surface area contributed by atoms with Crippen molar-refractivity contribution in [2.45, 2.75) is 136 Å². The first-order valence-electron chi connectivity index (χ1n) is 18.4. The lowest BCUT2D eigenvalue weighted by molar-refractivity contribution is -0.153. The zero-order chi connectivity index (χ0) is 37.4. The molecule has 1 aromatic heterocycles. The van der Waals surface area contributed by atoms with Crippen LogP contribution in [0.15, 0.2) is 54.2 Å². The molecule has 13 heteroatoms. The molecule has 1 atom stereocenters. The Morgan fingerprint density at radius 1 is 0.824 bits per heavy atom. The molecule has 1 heterocycles. The van der Waals surface area contributed by atoms with Crippen molar-refractivity contribution in [2.24, 2.45) is 0 Å². The van der Waals surface area contributed by atoms with Crippen molar-refractivity contribution in [3.8, 4) is 11.5 Å². The fraction of sp³-hybridized carbons (Fsp3) is 0.632. The van der Waals surface area contributed by atoms with Crippen molar-refractivity contribution >= 4 is 13.5 Å². The first-order chi connectivity index (χ1) is 24.5. The number of ether oxygens (including phenoxy) is 2. The summed E-state index contributed by atoms with van der Waals surface area (Å²) in [5.74, 6) is 0.254. The van der Waals surface area contributed by atoms with Crippen molar-refractivity contribution in [3.05, 3.63) is 65.5 Å². The van der Waals surface area contributed by atoms with E-state index in [1.54, 1.807) is 38.1 Å². The van der Waals surface area contributed by atoms with E-state index in [2.05, 4.69) is 17.2 Å². The lowest BCUT2D eigenvalue weighted by Crippen LogP contribution is -2.35. The number of rotatable bonds is 28. The number of nitrogens with zero attached hydrogens (tertiary/aromatic N) is 1. The van der Waals surface area contributed by atoms with E-state index in [9.17, 15) is 22.5 Å². The minimum atomic E-state index is -4.46. The number of carbonyl (C=O) groups is 1. The third kappa shape index (κ3) is 20.0. The molecule has 0 radical (unpaired) electrons. The van der Waals surface area contributed by atoms with Crippen molar-refractivity contribution in [1.82, 2.24) is 10.3 Å². The Morgan fingerprint density at radius 3 is 1.94 bits per heavy atom. The Labute approximate surface area is 301 Å². The summed E-state index contributed by atoms with van der Waals surface area (Å²) in [4.78, 5) is 17.0. The van der Waals surface area contributed by atoms with E-state index in [1.165, 1.54) is 76.1 Å². The smallest absolute Gasteiger partial charge is 0.422 e. The number of pyridine rings is 1. The summed E-state index contributed by atoms with van der Waals surface area (Å²) in [5.41, 5.74) is 0.0472. The lowest BCUT2D eigenvalue weighted by atomic mass is 10.0. The van der Waals surface area contributed by atoms with Gasteiger partial charge in [-0.2, -0.15) is 17.6 Å². The molecule has 2 aromatic rings. The van der Waals surface area contributed by atoms with Crippen molar-refractivity contribution in [3.63, 3.8) is 0 Å². The van der Waals surface area contributed by atoms with E-state index >= 15 is 4.39 Å². The van der Waals surface area contributed by atoms with Gasteiger partial charge in [0.2, 0.25) is 11.5 Å². The Kier molecular flexibility index (Phi) is 21.8. The van der Waals surface area contributed by atoms with Gasteiger partial charge in [-0.15, -0.1) is 0 Å². The molecule has 0 saturated heterocycles. The lowest BCUT2D eigenvalue weighted by Gasteiger charge is -2.19. The first-order valence-corrected chi connectivity index (χ1v) is 19.9. The predicted octanol–water partition coefficient (Wildman–Crippen LogP) is 11.2. The van der Waals surface area contributed by atoms with Gasteiger partial charge in [0.15, 0.2) is 6.61 Å². The quantitative estimate of drug-likeness (QED) is 0.0526. The van der Waals surface area contributed by atoms with E-state index in [1.807, 2.05) is 0 Å². The van der Waals surface area contributed by atoms with Crippen LogP contribution in [0.1, 0.15) is 122 Å². The molecule has 0 aliphatic heterocycles. The normalized spacial score (nSPS) is 12.9. The highest BCUT2D eigenvalue weighted by molar-refractivity contribution is 7.58. The summed E-state index contributed by atoms with van der Waals surface area (Å²) in [6, 6.07) is 8.71. The monoisotopic (exact) mass is 744 g/mol. The third-order valence-electron chi connectivity index (χ3n) is 8.01. The molecule has 0 spiro atoms. The average Bonchev–Trinajstić information content (AvgIpc) is 3.09. The minimum Gasteiger partial charge on any atom is -0.487 e. The Hall–Kier alpha value is -2.95. The molecular weight excluding hydrogens is 687 g/mol. The molecule has 8 nitrogen and oxygen atoms in total. The van der Waals surface area contributed by atoms with E-state index in [0.29, 0.717) is 17.9 Å². The molecule has 1 aromatic carbocycles. The summed E-state index contributed by atoms with van der Waals surface area (Å²) in [6.45, 7) is 3.95. The van der Waals surface area contributed by atoms with Crippen molar-refractivity contribution in [1.29, 1.82) is 0 Å². The largest absolute Gasteiger partial charge is 0.487 e. The van der Waals surface area contributed by atoms with E-state index in [4.69, 9.17) is 18.5 Å². The van der Waals surface area contributed by atoms with Crippen LogP contribution >= 0.6 is 7.60 Å². The highest BCUT2D eigenvalue weighted by atomic mass is 31.2. The average molecular weight is 745 g/mol. The highest BCUT2D eigenvalue weighted by Crippen LogP contribution is 2.56. The fourth-order valence-corrected chi connectivity index (χ4v) is 6.78. The summed E-state index contributed by atoms with van der Waals surface area (Å²) in [6.07, 6.45) is 14.0. The molecule has 2 rings (SSSR count). The summed E-state index contributed by atoms with van der Waals surface area (Å²) >= 11 is 0. The van der Waals surface area contributed by atoms with Gasteiger partial charge in [0.25, 0.3) is 0 Å². The van der Waals surface area contributed by atoms with Gasteiger partial charge in [0.05, 0.1) is 24.9 Å². The molecular formula is C38H57F4N2O6P. The van der Waals surface area contributed by atoms with Crippen LogP contribution in [-0.4, -0.2) is 42.9 Å². The number of hydrogen-bond acceptors (Lipinski definition) is 7. The number of aromatic nitrogens is 1. The Balaban J connectivity index is 1.92. The first kappa shape index (κ1) is 44.2. The molecule has 0 unspecified atom stereocenters. The number of unbranched alkanes of at least 4 members (excludes halogenated alkanes) is 12. The molecule has 51 heavy (non-hydrogen) atoms. The number of nitrogens with one attached hydrogen (secondary N) is 1. The van der Waals surface area contributed by atoms with Gasteiger partial charge in [-0.25, -0.2) is 0 Å². The van der Waals surface area contributed by atoms with Crippen LogP contribution in [0.3, 0.4) is 0 Å². The van der Waals surface area contributed by atoms with Crippen LogP contribution in [0.4, 0.5) is 17.6 Å². The van der Waals surface area contributed by atoms with Crippen molar-refractivity contribution < 1.29 is 45.4 Å². The number of alkyl halides is 3. The van der Waals surface area contributed by atoms with Crippen LogP contribution in [0.2, 0.25) is 0 Å². The van der Waals surface area contributed by atoms with E-state index < -0.39 is 32.0 Å². The number of carbonyl (C=O) groups excluding carboxylic acids is 1. The number of hydrogen-bond donors (Lipinski definition) is 1. The second kappa shape index (κ2) is 25.1. The van der Waals surface area contributed by atoms with Crippen LogP contribution in [0.25, 0.3) is 0 Å². The Bertz CT molecular complexity index is 1320. The summed E-state index contributed by atoms with van der Waals surface area (Å²) in [5, 5.41) is 2.87. The van der Waals surface area contributed by atoms with Crippen LogP contribution < -0.4 is 14.8 Å². The van der Waals surface area contributed by atoms with E-state index in [0.717, 1.165) is 37.3 Å². The zero-order valence-corrected chi connectivity index (χ0v) is 31.4. The van der Waals surface area contributed by atoms with Crippen molar-refractivity contribution in [2.75, 3.05) is 19.8 Å². The molecule has 1 amide bonds. The fourth-order valence-electron chi connectivity index (χ4n) is 5.41. The molecule has 0 aliphatic rings. The molecule has 1 N–H and O–H groups in total. The predicted molar refractivity (Wildman–Crippen MR) is 193 cm³/mol. The number of amides is 1. The highest BCUT2D eigenvalue weighted by Gasteiger charge is 2.31. The molecule has 0 fully saturated rings. The van der Waals surface area contributed by atoms with Gasteiger partial charge >= 0.3 is 13.8 Å². The minimum absolute atomic E-state index is 0.0153. The second-order valence-electron chi connectivity index (χ2n) is 12.5. The molecule has 0 saturated carbocycles. The third-order valence-corrected chi connectivity index (χ3v) is 9.88. The number of halogens is 4. The van der Waals surface area contributed by atoms with Gasteiger partial charge < -0.3 is 23.8 Å². The maximum atomic E-state index is 15.4. The maximum absolute atomic E-state index is 15.4. The number of benzene rings is 1.